The Bertz CT molecular complexity index is 396. The number of benzene rings is 1. The maximum absolute atomic E-state index is 6.16. The number of likely N-dealkylation sites (N-methyl/N-ethyl adjacent to an activating group) is 1. The van der Waals surface area contributed by atoms with Crippen molar-refractivity contribution >= 4 is 23.2 Å². The number of rotatable bonds is 6. The van der Waals surface area contributed by atoms with Crippen LogP contribution in [0.1, 0.15) is 25.3 Å². The molecule has 0 fully saturated rings. The van der Waals surface area contributed by atoms with Crippen LogP contribution in [0, 0.1) is 12.3 Å². The predicted octanol–water partition coefficient (Wildman–Crippen LogP) is 3.93. The molecule has 0 aliphatic carbocycles. The molecule has 0 bridgehead atoms. The number of nitrogens with one attached hydrogen (secondary N) is 1. The van der Waals surface area contributed by atoms with E-state index in [0.29, 0.717) is 11.1 Å². The van der Waals surface area contributed by atoms with Crippen molar-refractivity contribution in [3.8, 4) is 12.3 Å². The fraction of sp³-hybridized carbons (Fsp3) is 0.429. The van der Waals surface area contributed by atoms with Crippen molar-refractivity contribution in [2.24, 2.45) is 0 Å². The van der Waals surface area contributed by atoms with Crippen LogP contribution in [0.25, 0.3) is 0 Å². The van der Waals surface area contributed by atoms with Crippen molar-refractivity contribution in [2.75, 3.05) is 6.54 Å². The zero-order valence-electron chi connectivity index (χ0n) is 9.97. The van der Waals surface area contributed by atoms with Gasteiger partial charge in [0.25, 0.3) is 0 Å². The molecule has 0 aromatic heterocycles. The molecule has 1 N–H and O–H groups in total. The van der Waals surface area contributed by atoms with Crippen molar-refractivity contribution in [1.82, 2.24) is 5.32 Å². The average molecular weight is 270 g/mol. The van der Waals surface area contributed by atoms with Crippen LogP contribution in [0.5, 0.6) is 0 Å². The third-order valence-electron chi connectivity index (χ3n) is 2.61. The summed E-state index contributed by atoms with van der Waals surface area (Å²) in [4.78, 5) is 0. The van der Waals surface area contributed by atoms with Gasteiger partial charge in [-0.3, -0.25) is 0 Å². The number of terminal acetylenes is 1. The van der Waals surface area contributed by atoms with E-state index in [9.17, 15) is 0 Å². The summed E-state index contributed by atoms with van der Waals surface area (Å²) in [6.45, 7) is 3.02. The fourth-order valence-corrected chi connectivity index (χ4v) is 2.26. The summed E-state index contributed by atoms with van der Waals surface area (Å²) in [6.07, 6.45) is 7.92. The smallest absolute Gasteiger partial charge is 0.0453 e. The number of hydrogen-bond acceptors (Lipinski definition) is 1. The van der Waals surface area contributed by atoms with Gasteiger partial charge in [0.1, 0.15) is 0 Å². The van der Waals surface area contributed by atoms with Crippen molar-refractivity contribution in [2.45, 2.75) is 32.2 Å². The molecule has 0 aliphatic rings. The zero-order chi connectivity index (χ0) is 12.7. The van der Waals surface area contributed by atoms with Gasteiger partial charge in [-0.05, 0) is 37.1 Å². The van der Waals surface area contributed by atoms with Crippen molar-refractivity contribution in [3.63, 3.8) is 0 Å². The second kappa shape index (κ2) is 7.61. The van der Waals surface area contributed by atoms with E-state index in [4.69, 9.17) is 29.6 Å². The Kier molecular flexibility index (Phi) is 6.44. The summed E-state index contributed by atoms with van der Waals surface area (Å²) in [5.74, 6) is 2.67. The Hall–Kier alpha value is -0.680. The quantitative estimate of drug-likeness (QED) is 0.772. The Balaban J connectivity index is 2.68. The van der Waals surface area contributed by atoms with E-state index in [2.05, 4.69) is 18.2 Å². The van der Waals surface area contributed by atoms with Gasteiger partial charge in [-0.15, -0.1) is 12.3 Å². The topological polar surface area (TPSA) is 12.0 Å². The highest BCUT2D eigenvalue weighted by molar-refractivity contribution is 6.35. The minimum atomic E-state index is 0.370. The third-order valence-corrected chi connectivity index (χ3v) is 3.20. The van der Waals surface area contributed by atoms with E-state index in [1.165, 1.54) is 0 Å². The third kappa shape index (κ3) is 5.00. The molecule has 0 amide bonds. The lowest BCUT2D eigenvalue weighted by molar-refractivity contribution is 0.497. The molecule has 92 valence electrons. The van der Waals surface area contributed by atoms with Gasteiger partial charge in [0, 0.05) is 22.5 Å². The molecule has 0 saturated heterocycles. The lowest BCUT2D eigenvalue weighted by Gasteiger charge is -2.17. The summed E-state index contributed by atoms with van der Waals surface area (Å²) >= 11 is 12.0. The SMILES string of the molecule is C#CCCC(Cc1ccc(Cl)cc1Cl)NCC. The lowest BCUT2D eigenvalue weighted by atomic mass is 10.0. The maximum atomic E-state index is 6.16. The monoisotopic (exact) mass is 269 g/mol. The lowest BCUT2D eigenvalue weighted by Crippen LogP contribution is -2.30. The molecule has 1 rings (SSSR count). The Morgan fingerprint density at radius 3 is 2.76 bits per heavy atom. The molecule has 0 spiro atoms. The summed E-state index contributed by atoms with van der Waals surface area (Å²) in [6, 6.07) is 6.00. The summed E-state index contributed by atoms with van der Waals surface area (Å²) in [5.41, 5.74) is 1.11. The van der Waals surface area contributed by atoms with Gasteiger partial charge in [-0.25, -0.2) is 0 Å². The van der Waals surface area contributed by atoms with Crippen LogP contribution in [0.15, 0.2) is 18.2 Å². The van der Waals surface area contributed by atoms with Gasteiger partial charge >= 0.3 is 0 Å². The van der Waals surface area contributed by atoms with E-state index in [-0.39, 0.29) is 0 Å². The van der Waals surface area contributed by atoms with E-state index in [1.54, 1.807) is 6.07 Å². The highest BCUT2D eigenvalue weighted by atomic mass is 35.5. The molecule has 17 heavy (non-hydrogen) atoms. The molecule has 1 nitrogen and oxygen atoms in total. The highest BCUT2D eigenvalue weighted by Crippen LogP contribution is 2.22. The van der Waals surface area contributed by atoms with Crippen LogP contribution in [0.3, 0.4) is 0 Å². The summed E-state index contributed by atoms with van der Waals surface area (Å²) < 4.78 is 0. The normalized spacial score (nSPS) is 12.1. The van der Waals surface area contributed by atoms with Crippen molar-refractivity contribution in [1.29, 1.82) is 0 Å². The van der Waals surface area contributed by atoms with E-state index in [1.807, 2.05) is 12.1 Å². The van der Waals surface area contributed by atoms with Gasteiger partial charge in [0.15, 0.2) is 0 Å². The van der Waals surface area contributed by atoms with Gasteiger partial charge in [0.2, 0.25) is 0 Å². The molecular formula is C14H17Cl2N. The first kappa shape index (κ1) is 14.4. The van der Waals surface area contributed by atoms with Crippen LogP contribution in [0.4, 0.5) is 0 Å². The van der Waals surface area contributed by atoms with Gasteiger partial charge in [0.05, 0.1) is 0 Å². The van der Waals surface area contributed by atoms with Gasteiger partial charge in [-0.2, -0.15) is 0 Å². The van der Waals surface area contributed by atoms with Crippen molar-refractivity contribution < 1.29 is 0 Å². The molecule has 1 aromatic carbocycles. The Labute approximate surface area is 114 Å². The average Bonchev–Trinajstić information content (AvgIpc) is 2.29. The summed E-state index contributed by atoms with van der Waals surface area (Å²) in [7, 11) is 0. The summed E-state index contributed by atoms with van der Waals surface area (Å²) in [5, 5.41) is 4.81. The minimum absolute atomic E-state index is 0.370. The first-order valence-electron chi connectivity index (χ1n) is 5.78. The van der Waals surface area contributed by atoms with Crippen LogP contribution in [-0.4, -0.2) is 12.6 Å². The van der Waals surface area contributed by atoms with Gasteiger partial charge in [-0.1, -0.05) is 36.2 Å². The Morgan fingerprint density at radius 2 is 2.18 bits per heavy atom. The van der Waals surface area contributed by atoms with Crippen LogP contribution in [-0.2, 0) is 6.42 Å². The number of hydrogen-bond donors (Lipinski definition) is 1. The molecule has 1 atom stereocenters. The second-order valence-corrected chi connectivity index (χ2v) is 4.78. The molecule has 1 unspecified atom stereocenters. The molecular weight excluding hydrogens is 253 g/mol. The van der Waals surface area contributed by atoms with E-state index < -0.39 is 0 Å². The first-order valence-corrected chi connectivity index (χ1v) is 6.53. The molecule has 0 aliphatic heterocycles. The maximum Gasteiger partial charge on any atom is 0.0453 e. The fourth-order valence-electron chi connectivity index (χ4n) is 1.78. The molecule has 0 saturated carbocycles. The standard InChI is InChI=1S/C14H17Cl2N/c1-3-5-6-13(17-4-2)9-11-7-8-12(15)10-14(11)16/h1,7-8,10,13,17H,4-6,9H2,2H3. The van der Waals surface area contributed by atoms with E-state index >= 15 is 0 Å². The second-order valence-electron chi connectivity index (χ2n) is 3.94. The predicted molar refractivity (Wildman–Crippen MR) is 75.7 cm³/mol. The van der Waals surface area contributed by atoms with Crippen molar-refractivity contribution in [3.05, 3.63) is 33.8 Å². The zero-order valence-corrected chi connectivity index (χ0v) is 11.5. The molecule has 1 aromatic rings. The van der Waals surface area contributed by atoms with Gasteiger partial charge < -0.3 is 5.32 Å². The minimum Gasteiger partial charge on any atom is -0.314 e. The molecule has 0 radical (unpaired) electrons. The van der Waals surface area contributed by atoms with E-state index in [0.717, 1.165) is 36.4 Å². The first-order chi connectivity index (χ1) is 8.17. The van der Waals surface area contributed by atoms with Crippen LogP contribution in [0.2, 0.25) is 10.0 Å². The largest absolute Gasteiger partial charge is 0.314 e. The van der Waals surface area contributed by atoms with Crippen LogP contribution >= 0.6 is 23.2 Å². The van der Waals surface area contributed by atoms with Crippen LogP contribution < -0.4 is 5.32 Å². The highest BCUT2D eigenvalue weighted by Gasteiger charge is 2.10. The Morgan fingerprint density at radius 1 is 1.41 bits per heavy atom. The molecule has 3 heteroatoms. The molecule has 0 heterocycles. The number of halogens is 2.